The van der Waals surface area contributed by atoms with Crippen molar-refractivity contribution in [3.05, 3.63) is 30.1 Å². The van der Waals surface area contributed by atoms with Crippen LogP contribution in [0.25, 0.3) is 11.0 Å². The number of nitrogens with one attached hydrogen (secondary N) is 2. The van der Waals surface area contributed by atoms with Crippen LogP contribution in [0, 0.1) is 0 Å². The zero-order chi connectivity index (χ0) is 10.7. The van der Waals surface area contributed by atoms with Crippen molar-refractivity contribution < 1.29 is 14.4 Å². The largest absolute Gasteiger partial charge is 0.364 e. The first-order valence-corrected chi connectivity index (χ1v) is 4.15. The first-order valence-electron chi connectivity index (χ1n) is 4.15. The molecular formula is C9H7N3O3. The Balaban J connectivity index is 2.27. The fraction of sp³-hybridized carbons (Fsp3) is 0. The molecule has 2 aromatic heterocycles. The van der Waals surface area contributed by atoms with Gasteiger partial charge in [-0.05, 0) is 12.1 Å². The lowest BCUT2D eigenvalue weighted by atomic mass is 10.2. The van der Waals surface area contributed by atoms with Crippen molar-refractivity contribution in [1.82, 2.24) is 15.4 Å². The van der Waals surface area contributed by atoms with Gasteiger partial charge in [-0.2, -0.15) is 5.48 Å². The van der Waals surface area contributed by atoms with E-state index in [1.807, 2.05) is 5.48 Å². The van der Waals surface area contributed by atoms with Crippen LogP contribution in [-0.4, -0.2) is 22.3 Å². The molecule has 6 heteroatoms. The van der Waals surface area contributed by atoms with Gasteiger partial charge in [-0.25, -0.2) is 9.78 Å². The van der Waals surface area contributed by atoms with Gasteiger partial charge in [-0.15, -0.1) is 0 Å². The van der Waals surface area contributed by atoms with Crippen LogP contribution in [0.4, 0.5) is 0 Å². The molecular weight excluding hydrogens is 198 g/mol. The van der Waals surface area contributed by atoms with E-state index < -0.39 is 5.97 Å². The molecule has 0 saturated carbocycles. The van der Waals surface area contributed by atoms with Gasteiger partial charge in [-0.1, -0.05) is 0 Å². The summed E-state index contributed by atoms with van der Waals surface area (Å²) >= 11 is 0. The van der Waals surface area contributed by atoms with Crippen molar-refractivity contribution in [1.29, 1.82) is 0 Å². The normalized spacial score (nSPS) is 9.87. The average Bonchev–Trinajstić information content (AvgIpc) is 2.72. The number of carbonyl (C=O) groups is 2. The van der Waals surface area contributed by atoms with E-state index in [1.165, 1.54) is 6.20 Å². The number of fused-ring (bicyclic) bond motifs is 1. The van der Waals surface area contributed by atoms with Gasteiger partial charge < -0.3 is 9.82 Å². The molecule has 0 fully saturated rings. The van der Waals surface area contributed by atoms with Gasteiger partial charge in [0, 0.05) is 17.8 Å². The first kappa shape index (κ1) is 9.20. The molecule has 0 aromatic carbocycles. The summed E-state index contributed by atoms with van der Waals surface area (Å²) in [4.78, 5) is 32.5. The lowest BCUT2D eigenvalue weighted by Gasteiger charge is -2.00. The Morgan fingerprint density at radius 2 is 2.47 bits per heavy atom. The Hall–Kier alpha value is -2.37. The third-order valence-corrected chi connectivity index (χ3v) is 1.84. The van der Waals surface area contributed by atoms with Gasteiger partial charge >= 0.3 is 5.97 Å². The summed E-state index contributed by atoms with van der Waals surface area (Å²) in [5, 5.41) is 0.801. The molecule has 76 valence electrons. The molecule has 0 saturated heterocycles. The maximum Gasteiger partial charge on any atom is 0.364 e. The van der Waals surface area contributed by atoms with Gasteiger partial charge in [-0.3, -0.25) is 4.79 Å². The smallest absolute Gasteiger partial charge is 0.346 e. The molecule has 2 rings (SSSR count). The lowest BCUT2D eigenvalue weighted by molar-refractivity contribution is -0.117. The van der Waals surface area contributed by atoms with Gasteiger partial charge in [0.15, 0.2) is 0 Å². The van der Waals surface area contributed by atoms with Crippen molar-refractivity contribution in [2.75, 3.05) is 0 Å². The zero-order valence-corrected chi connectivity index (χ0v) is 7.56. The van der Waals surface area contributed by atoms with E-state index in [0.29, 0.717) is 5.65 Å². The van der Waals surface area contributed by atoms with E-state index in [0.717, 1.165) is 5.39 Å². The number of H-pyrrole nitrogens is 1. The Labute approximate surface area is 84.2 Å². The number of pyridine rings is 1. The van der Waals surface area contributed by atoms with Crippen molar-refractivity contribution in [2.45, 2.75) is 0 Å². The van der Waals surface area contributed by atoms with Crippen LogP contribution in [0.5, 0.6) is 0 Å². The van der Waals surface area contributed by atoms with Gasteiger partial charge in [0.1, 0.15) is 5.65 Å². The fourth-order valence-electron chi connectivity index (χ4n) is 1.19. The molecule has 0 atom stereocenters. The summed E-state index contributed by atoms with van der Waals surface area (Å²) in [5.41, 5.74) is 2.79. The third kappa shape index (κ3) is 1.78. The number of hydrogen-bond acceptors (Lipinski definition) is 4. The van der Waals surface area contributed by atoms with Crippen molar-refractivity contribution in [2.24, 2.45) is 0 Å². The van der Waals surface area contributed by atoms with Gasteiger partial charge in [0.25, 0.3) is 0 Å². The number of hydroxylamine groups is 1. The third-order valence-electron chi connectivity index (χ3n) is 1.84. The number of amides is 1. The highest BCUT2D eigenvalue weighted by atomic mass is 16.7. The summed E-state index contributed by atoms with van der Waals surface area (Å²) in [6, 6.07) is 3.40. The molecule has 0 unspecified atom stereocenters. The predicted molar refractivity (Wildman–Crippen MR) is 50.7 cm³/mol. The predicted octanol–water partition coefficient (Wildman–Crippen LogP) is 0.381. The van der Waals surface area contributed by atoms with Crippen molar-refractivity contribution in [3.63, 3.8) is 0 Å². The molecule has 2 aromatic rings. The van der Waals surface area contributed by atoms with E-state index in [2.05, 4.69) is 14.8 Å². The monoisotopic (exact) mass is 205 g/mol. The molecule has 6 nitrogen and oxygen atoms in total. The standard InChI is InChI=1S/C9H7N3O3/c13-5-12-15-9(14)7-3-6-1-2-10-8(6)11-4-7/h1-5H,(H,10,11)(H,12,13). The molecule has 0 spiro atoms. The van der Waals surface area contributed by atoms with E-state index in [4.69, 9.17) is 0 Å². The second kappa shape index (κ2) is 3.79. The summed E-state index contributed by atoms with van der Waals surface area (Å²) in [7, 11) is 0. The highest BCUT2D eigenvalue weighted by molar-refractivity contribution is 5.93. The molecule has 15 heavy (non-hydrogen) atoms. The Morgan fingerprint density at radius 3 is 3.27 bits per heavy atom. The maximum absolute atomic E-state index is 11.3. The van der Waals surface area contributed by atoms with E-state index in [1.54, 1.807) is 18.3 Å². The summed E-state index contributed by atoms with van der Waals surface area (Å²) < 4.78 is 0. The van der Waals surface area contributed by atoms with Crippen LogP contribution in [0.15, 0.2) is 24.5 Å². The molecule has 2 N–H and O–H groups in total. The summed E-state index contributed by atoms with van der Waals surface area (Å²) in [6.45, 7) is 0. The van der Waals surface area contributed by atoms with E-state index in [9.17, 15) is 9.59 Å². The summed E-state index contributed by atoms with van der Waals surface area (Å²) in [6.07, 6.45) is 3.37. The van der Waals surface area contributed by atoms with Crippen LogP contribution in [-0.2, 0) is 9.63 Å². The van der Waals surface area contributed by atoms with Gasteiger partial charge in [0.05, 0.1) is 5.56 Å². The topological polar surface area (TPSA) is 84.1 Å². The quantitative estimate of drug-likeness (QED) is 0.560. The average molecular weight is 205 g/mol. The molecule has 0 aliphatic carbocycles. The van der Waals surface area contributed by atoms with Crippen molar-refractivity contribution in [3.8, 4) is 0 Å². The van der Waals surface area contributed by atoms with E-state index >= 15 is 0 Å². The highest BCUT2D eigenvalue weighted by Gasteiger charge is 2.08. The van der Waals surface area contributed by atoms with Gasteiger partial charge in [0.2, 0.25) is 6.41 Å². The highest BCUT2D eigenvalue weighted by Crippen LogP contribution is 2.11. The number of aromatic amines is 1. The SMILES string of the molecule is O=CNOC(=O)c1cnc2[nH]ccc2c1. The molecule has 0 bridgehead atoms. The molecule has 0 aliphatic heterocycles. The number of nitrogens with zero attached hydrogens (tertiary/aromatic N) is 1. The Kier molecular flexibility index (Phi) is 2.32. The van der Waals surface area contributed by atoms with Crippen LogP contribution in [0.2, 0.25) is 0 Å². The van der Waals surface area contributed by atoms with Crippen LogP contribution in [0.3, 0.4) is 0 Å². The minimum Gasteiger partial charge on any atom is -0.346 e. The van der Waals surface area contributed by atoms with Crippen molar-refractivity contribution >= 4 is 23.4 Å². The van der Waals surface area contributed by atoms with Crippen LogP contribution >= 0.6 is 0 Å². The maximum atomic E-state index is 11.3. The van der Waals surface area contributed by atoms with Crippen LogP contribution in [0.1, 0.15) is 10.4 Å². The minimum absolute atomic E-state index is 0.274. The molecule has 0 aliphatic rings. The Bertz CT molecular complexity index is 506. The number of aromatic nitrogens is 2. The summed E-state index contributed by atoms with van der Waals surface area (Å²) in [5.74, 6) is -0.655. The molecule has 1 amide bonds. The second-order valence-electron chi connectivity index (χ2n) is 2.76. The zero-order valence-electron chi connectivity index (χ0n) is 7.56. The van der Waals surface area contributed by atoms with Crippen LogP contribution < -0.4 is 5.48 Å². The minimum atomic E-state index is -0.655. The molecule has 0 radical (unpaired) electrons. The first-order chi connectivity index (χ1) is 7.31. The number of rotatable bonds is 3. The lowest BCUT2D eigenvalue weighted by Crippen LogP contribution is -2.18. The van der Waals surface area contributed by atoms with E-state index in [-0.39, 0.29) is 12.0 Å². The fourth-order valence-corrected chi connectivity index (χ4v) is 1.19. The number of carbonyl (C=O) groups excluding carboxylic acids is 2. The Morgan fingerprint density at radius 1 is 1.60 bits per heavy atom. The number of hydrogen-bond donors (Lipinski definition) is 2. The molecule has 2 heterocycles. The second-order valence-corrected chi connectivity index (χ2v) is 2.76.